The lowest BCUT2D eigenvalue weighted by Crippen LogP contribution is -2.36. The lowest BCUT2D eigenvalue weighted by Gasteiger charge is -2.33. The standard InChI is InChI=1S/C11H16BrN3/c12-5-3-10-2-1-7-15(8-10)11-4-6-13-9-14-11/h4,6,9-10H,1-3,5,7-8H2. The lowest BCUT2D eigenvalue weighted by atomic mass is 9.96. The van der Waals surface area contributed by atoms with Crippen LogP contribution in [0.1, 0.15) is 19.3 Å². The maximum absolute atomic E-state index is 4.30. The summed E-state index contributed by atoms with van der Waals surface area (Å²) in [4.78, 5) is 10.6. The van der Waals surface area contributed by atoms with Crippen molar-refractivity contribution in [2.45, 2.75) is 19.3 Å². The van der Waals surface area contributed by atoms with Crippen LogP contribution >= 0.6 is 15.9 Å². The van der Waals surface area contributed by atoms with E-state index >= 15 is 0 Å². The molecule has 0 amide bonds. The average Bonchev–Trinajstić information content (AvgIpc) is 2.31. The molecule has 0 radical (unpaired) electrons. The Morgan fingerprint density at radius 2 is 2.47 bits per heavy atom. The molecule has 1 atom stereocenters. The highest BCUT2D eigenvalue weighted by atomic mass is 79.9. The molecular weight excluding hydrogens is 254 g/mol. The van der Waals surface area contributed by atoms with Gasteiger partial charge in [0.25, 0.3) is 0 Å². The molecule has 0 aliphatic carbocycles. The van der Waals surface area contributed by atoms with E-state index < -0.39 is 0 Å². The summed E-state index contributed by atoms with van der Waals surface area (Å²) in [7, 11) is 0. The molecule has 1 aromatic heterocycles. The average molecular weight is 270 g/mol. The van der Waals surface area contributed by atoms with Crippen LogP contribution in [0.25, 0.3) is 0 Å². The van der Waals surface area contributed by atoms with Gasteiger partial charge in [-0.3, -0.25) is 0 Å². The van der Waals surface area contributed by atoms with E-state index in [2.05, 4.69) is 30.8 Å². The predicted molar refractivity (Wildman–Crippen MR) is 65.4 cm³/mol. The maximum Gasteiger partial charge on any atom is 0.131 e. The summed E-state index contributed by atoms with van der Waals surface area (Å²) in [5.74, 6) is 1.89. The second kappa shape index (κ2) is 5.45. The first-order valence-electron chi connectivity index (χ1n) is 5.47. The van der Waals surface area contributed by atoms with Gasteiger partial charge in [-0.25, -0.2) is 9.97 Å². The summed E-state index contributed by atoms with van der Waals surface area (Å²) >= 11 is 3.52. The molecule has 1 unspecified atom stereocenters. The van der Waals surface area contributed by atoms with Crippen LogP contribution in [0, 0.1) is 5.92 Å². The number of halogens is 1. The first-order valence-corrected chi connectivity index (χ1v) is 6.59. The SMILES string of the molecule is BrCCC1CCCN(c2ccncn2)C1. The Kier molecular flexibility index (Phi) is 3.94. The van der Waals surface area contributed by atoms with Gasteiger partial charge >= 0.3 is 0 Å². The van der Waals surface area contributed by atoms with Gasteiger partial charge < -0.3 is 4.90 Å². The normalized spacial score (nSPS) is 21.7. The van der Waals surface area contributed by atoms with Gasteiger partial charge in [0.2, 0.25) is 0 Å². The molecule has 1 saturated heterocycles. The zero-order valence-electron chi connectivity index (χ0n) is 8.77. The highest BCUT2D eigenvalue weighted by molar-refractivity contribution is 9.09. The van der Waals surface area contributed by atoms with Crippen LogP contribution in [0.5, 0.6) is 0 Å². The predicted octanol–water partition coefficient (Wildman–Crippen LogP) is 2.48. The number of hydrogen-bond donors (Lipinski definition) is 0. The first kappa shape index (κ1) is 10.9. The number of piperidine rings is 1. The second-order valence-electron chi connectivity index (χ2n) is 4.00. The first-order chi connectivity index (χ1) is 7.40. The molecule has 2 heterocycles. The lowest BCUT2D eigenvalue weighted by molar-refractivity contribution is 0.406. The molecule has 1 aliphatic heterocycles. The van der Waals surface area contributed by atoms with Gasteiger partial charge in [0, 0.05) is 24.6 Å². The minimum Gasteiger partial charge on any atom is -0.356 e. The summed E-state index contributed by atoms with van der Waals surface area (Å²) in [5, 5.41) is 1.11. The fraction of sp³-hybridized carbons (Fsp3) is 0.636. The quantitative estimate of drug-likeness (QED) is 0.790. The Balaban J connectivity index is 1.98. The molecule has 15 heavy (non-hydrogen) atoms. The molecule has 0 aromatic carbocycles. The molecule has 1 aliphatic rings. The highest BCUT2D eigenvalue weighted by Crippen LogP contribution is 2.23. The molecule has 1 fully saturated rings. The topological polar surface area (TPSA) is 29.0 Å². The Labute approximate surface area is 99.0 Å². The van der Waals surface area contributed by atoms with E-state index in [1.807, 2.05) is 12.3 Å². The van der Waals surface area contributed by atoms with Crippen molar-refractivity contribution in [3.8, 4) is 0 Å². The second-order valence-corrected chi connectivity index (χ2v) is 4.79. The largest absolute Gasteiger partial charge is 0.356 e. The molecule has 3 nitrogen and oxygen atoms in total. The van der Waals surface area contributed by atoms with E-state index in [0.717, 1.165) is 30.2 Å². The molecule has 4 heteroatoms. The van der Waals surface area contributed by atoms with Gasteiger partial charge in [0.1, 0.15) is 12.1 Å². The zero-order chi connectivity index (χ0) is 10.5. The number of rotatable bonds is 3. The number of anilines is 1. The molecule has 0 bridgehead atoms. The molecular formula is C11H16BrN3. The van der Waals surface area contributed by atoms with Gasteiger partial charge in [0.05, 0.1) is 0 Å². The Morgan fingerprint density at radius 1 is 1.53 bits per heavy atom. The van der Waals surface area contributed by atoms with E-state index in [-0.39, 0.29) is 0 Å². The van der Waals surface area contributed by atoms with Crippen molar-refractivity contribution in [3.63, 3.8) is 0 Å². The Hall–Kier alpha value is -0.640. The van der Waals surface area contributed by atoms with Crippen molar-refractivity contribution < 1.29 is 0 Å². The van der Waals surface area contributed by atoms with E-state index in [9.17, 15) is 0 Å². The van der Waals surface area contributed by atoms with E-state index in [4.69, 9.17) is 0 Å². The monoisotopic (exact) mass is 269 g/mol. The maximum atomic E-state index is 4.30. The summed E-state index contributed by atoms with van der Waals surface area (Å²) in [6.45, 7) is 2.28. The zero-order valence-corrected chi connectivity index (χ0v) is 10.4. The Bertz CT molecular complexity index is 289. The fourth-order valence-corrected chi connectivity index (χ4v) is 2.78. The molecule has 0 N–H and O–H groups in total. The van der Waals surface area contributed by atoms with Crippen molar-refractivity contribution in [1.82, 2.24) is 9.97 Å². The van der Waals surface area contributed by atoms with Crippen LogP contribution in [0.3, 0.4) is 0 Å². The number of nitrogens with zero attached hydrogens (tertiary/aromatic N) is 3. The molecule has 82 valence electrons. The van der Waals surface area contributed by atoms with Crippen molar-refractivity contribution in [2.24, 2.45) is 5.92 Å². The minimum atomic E-state index is 0.813. The van der Waals surface area contributed by atoms with Gasteiger partial charge in [-0.15, -0.1) is 0 Å². The molecule has 2 rings (SSSR count). The van der Waals surface area contributed by atoms with Gasteiger partial charge in [-0.1, -0.05) is 15.9 Å². The number of aromatic nitrogens is 2. The Morgan fingerprint density at radius 3 is 3.20 bits per heavy atom. The summed E-state index contributed by atoms with van der Waals surface area (Å²) in [6, 6.07) is 2.00. The van der Waals surface area contributed by atoms with Crippen LogP contribution in [0.4, 0.5) is 5.82 Å². The number of alkyl halides is 1. The van der Waals surface area contributed by atoms with E-state index in [0.29, 0.717) is 0 Å². The van der Waals surface area contributed by atoms with Crippen molar-refractivity contribution in [1.29, 1.82) is 0 Å². The number of hydrogen-bond acceptors (Lipinski definition) is 3. The van der Waals surface area contributed by atoms with Gasteiger partial charge in [0.15, 0.2) is 0 Å². The summed E-state index contributed by atoms with van der Waals surface area (Å²) in [5.41, 5.74) is 0. The molecule has 0 saturated carbocycles. The fourth-order valence-electron chi connectivity index (χ4n) is 2.13. The van der Waals surface area contributed by atoms with Crippen LogP contribution in [0.2, 0.25) is 0 Å². The summed E-state index contributed by atoms with van der Waals surface area (Å²) in [6.07, 6.45) is 7.34. The minimum absolute atomic E-state index is 0.813. The molecule has 1 aromatic rings. The smallest absolute Gasteiger partial charge is 0.131 e. The highest BCUT2D eigenvalue weighted by Gasteiger charge is 2.19. The van der Waals surface area contributed by atoms with Crippen LogP contribution in [-0.2, 0) is 0 Å². The van der Waals surface area contributed by atoms with Crippen molar-refractivity contribution in [3.05, 3.63) is 18.6 Å². The third kappa shape index (κ3) is 2.91. The van der Waals surface area contributed by atoms with Crippen LogP contribution in [-0.4, -0.2) is 28.4 Å². The van der Waals surface area contributed by atoms with Crippen molar-refractivity contribution in [2.75, 3.05) is 23.3 Å². The van der Waals surface area contributed by atoms with Crippen LogP contribution in [0.15, 0.2) is 18.6 Å². The van der Waals surface area contributed by atoms with Gasteiger partial charge in [-0.05, 0) is 31.2 Å². The van der Waals surface area contributed by atoms with E-state index in [1.54, 1.807) is 6.33 Å². The van der Waals surface area contributed by atoms with Crippen molar-refractivity contribution >= 4 is 21.7 Å². The molecule has 0 spiro atoms. The summed E-state index contributed by atoms with van der Waals surface area (Å²) < 4.78 is 0. The van der Waals surface area contributed by atoms with Crippen LogP contribution < -0.4 is 4.90 Å². The van der Waals surface area contributed by atoms with Gasteiger partial charge in [-0.2, -0.15) is 0 Å². The third-order valence-electron chi connectivity index (χ3n) is 2.93. The van der Waals surface area contributed by atoms with E-state index in [1.165, 1.54) is 19.3 Å². The third-order valence-corrected chi connectivity index (χ3v) is 3.38.